The Hall–Kier alpha value is -0.900. The van der Waals surface area contributed by atoms with Crippen molar-refractivity contribution < 1.29 is 5.11 Å². The zero-order valence-corrected chi connectivity index (χ0v) is 9.71. The lowest BCUT2D eigenvalue weighted by Gasteiger charge is -2.25. The summed E-state index contributed by atoms with van der Waals surface area (Å²) in [6, 6.07) is 7.79. The van der Waals surface area contributed by atoms with Gasteiger partial charge in [0, 0.05) is 4.70 Å². The fraction of sp³-hybridized carbons (Fsp3) is 0.333. The normalized spacial score (nSPS) is 14.4. The Bertz CT molecular complexity index is 470. The van der Waals surface area contributed by atoms with Crippen LogP contribution in [0.4, 0.5) is 0 Å². The first-order valence-electron chi connectivity index (χ1n) is 4.94. The van der Waals surface area contributed by atoms with Crippen molar-refractivity contribution in [3.8, 4) is 0 Å². The van der Waals surface area contributed by atoms with Gasteiger partial charge in [0.2, 0.25) is 0 Å². The first kappa shape index (κ1) is 10.6. The highest BCUT2D eigenvalue weighted by molar-refractivity contribution is 7.17. The summed E-state index contributed by atoms with van der Waals surface area (Å²) in [6.07, 6.45) is 0. The van der Waals surface area contributed by atoms with E-state index in [1.54, 1.807) is 25.2 Å². The van der Waals surface area contributed by atoms with Crippen molar-refractivity contribution in [1.82, 2.24) is 0 Å². The number of aliphatic hydroxyl groups is 1. The predicted molar refractivity (Wildman–Crippen MR) is 65.1 cm³/mol. The zero-order valence-electron chi connectivity index (χ0n) is 8.90. The number of thiophene rings is 1. The topological polar surface area (TPSA) is 46.2 Å². The van der Waals surface area contributed by atoms with Gasteiger partial charge in [-0.2, -0.15) is 0 Å². The summed E-state index contributed by atoms with van der Waals surface area (Å²) in [5.41, 5.74) is 6.18. The van der Waals surface area contributed by atoms with Crippen molar-refractivity contribution >= 4 is 21.4 Å². The van der Waals surface area contributed by atoms with E-state index in [0.717, 1.165) is 10.9 Å². The van der Waals surface area contributed by atoms with Gasteiger partial charge in [0.05, 0.1) is 11.6 Å². The molecular weight excluding hydrogens is 206 g/mol. The SMILES string of the molecule is CC(C)(O)C(N)c1csc2ccccc12. The molecule has 0 saturated carbocycles. The molecule has 0 fully saturated rings. The van der Waals surface area contributed by atoms with E-state index in [0.29, 0.717) is 0 Å². The van der Waals surface area contributed by atoms with E-state index < -0.39 is 5.60 Å². The molecule has 2 nitrogen and oxygen atoms in total. The highest BCUT2D eigenvalue weighted by Gasteiger charge is 2.26. The number of hydrogen-bond acceptors (Lipinski definition) is 3. The molecule has 1 atom stereocenters. The monoisotopic (exact) mass is 221 g/mol. The van der Waals surface area contributed by atoms with Crippen LogP contribution in [0.25, 0.3) is 10.1 Å². The summed E-state index contributed by atoms with van der Waals surface area (Å²) in [5, 5.41) is 13.1. The minimum Gasteiger partial charge on any atom is -0.388 e. The van der Waals surface area contributed by atoms with Gasteiger partial charge in [-0.3, -0.25) is 0 Å². The fourth-order valence-corrected chi connectivity index (χ4v) is 2.62. The maximum atomic E-state index is 9.90. The maximum Gasteiger partial charge on any atom is 0.0784 e. The Labute approximate surface area is 93.3 Å². The van der Waals surface area contributed by atoms with Crippen molar-refractivity contribution in [2.24, 2.45) is 5.73 Å². The third-order valence-corrected chi connectivity index (χ3v) is 3.59. The molecule has 0 aliphatic carbocycles. The first-order chi connectivity index (χ1) is 7.00. The molecule has 0 bridgehead atoms. The maximum absolute atomic E-state index is 9.90. The molecule has 1 heterocycles. The van der Waals surface area contributed by atoms with Crippen LogP contribution in [-0.2, 0) is 0 Å². The Morgan fingerprint density at radius 2 is 2.00 bits per heavy atom. The number of nitrogens with two attached hydrogens (primary N) is 1. The van der Waals surface area contributed by atoms with E-state index in [4.69, 9.17) is 5.73 Å². The van der Waals surface area contributed by atoms with Crippen molar-refractivity contribution in [1.29, 1.82) is 0 Å². The molecule has 0 radical (unpaired) electrons. The van der Waals surface area contributed by atoms with Gasteiger partial charge in [-0.05, 0) is 36.2 Å². The molecule has 0 amide bonds. The van der Waals surface area contributed by atoms with Crippen molar-refractivity contribution in [3.63, 3.8) is 0 Å². The van der Waals surface area contributed by atoms with Crippen LogP contribution >= 0.6 is 11.3 Å². The number of fused-ring (bicyclic) bond motifs is 1. The molecule has 15 heavy (non-hydrogen) atoms. The summed E-state index contributed by atoms with van der Waals surface area (Å²) >= 11 is 1.67. The van der Waals surface area contributed by atoms with Crippen LogP contribution in [0, 0.1) is 0 Å². The molecule has 3 heteroatoms. The van der Waals surface area contributed by atoms with Gasteiger partial charge in [-0.15, -0.1) is 11.3 Å². The van der Waals surface area contributed by atoms with Crippen LogP contribution in [0.15, 0.2) is 29.6 Å². The third-order valence-electron chi connectivity index (χ3n) is 2.61. The van der Waals surface area contributed by atoms with Crippen LogP contribution in [-0.4, -0.2) is 10.7 Å². The van der Waals surface area contributed by atoms with E-state index in [9.17, 15) is 5.11 Å². The van der Waals surface area contributed by atoms with Crippen LogP contribution in [0.2, 0.25) is 0 Å². The van der Waals surface area contributed by atoms with E-state index in [1.807, 2.05) is 23.6 Å². The second-order valence-electron chi connectivity index (χ2n) is 4.32. The van der Waals surface area contributed by atoms with Crippen LogP contribution < -0.4 is 5.73 Å². The van der Waals surface area contributed by atoms with Gasteiger partial charge >= 0.3 is 0 Å². The molecule has 1 unspecified atom stereocenters. The molecule has 0 saturated heterocycles. The Balaban J connectivity index is 2.53. The molecule has 3 N–H and O–H groups in total. The van der Waals surface area contributed by atoms with E-state index >= 15 is 0 Å². The molecule has 1 aromatic carbocycles. The summed E-state index contributed by atoms with van der Waals surface area (Å²) in [6.45, 7) is 3.48. The molecule has 0 aliphatic rings. The Morgan fingerprint density at radius 1 is 1.33 bits per heavy atom. The lowest BCUT2D eigenvalue weighted by Crippen LogP contribution is -2.34. The number of rotatable bonds is 2. The zero-order chi connectivity index (χ0) is 11.1. The van der Waals surface area contributed by atoms with Gasteiger partial charge in [0.15, 0.2) is 0 Å². The van der Waals surface area contributed by atoms with Crippen molar-refractivity contribution in [2.45, 2.75) is 25.5 Å². The predicted octanol–water partition coefficient (Wildman–Crippen LogP) is 2.67. The molecule has 80 valence electrons. The van der Waals surface area contributed by atoms with Gasteiger partial charge < -0.3 is 10.8 Å². The second kappa shape index (κ2) is 3.59. The van der Waals surface area contributed by atoms with E-state index in [1.165, 1.54) is 4.70 Å². The number of hydrogen-bond donors (Lipinski definition) is 2. The highest BCUT2D eigenvalue weighted by Crippen LogP contribution is 2.33. The molecule has 0 aliphatic heterocycles. The lowest BCUT2D eigenvalue weighted by atomic mass is 9.93. The Morgan fingerprint density at radius 3 is 2.67 bits per heavy atom. The molecular formula is C12H15NOS. The lowest BCUT2D eigenvalue weighted by molar-refractivity contribution is 0.0523. The minimum absolute atomic E-state index is 0.339. The molecule has 2 rings (SSSR count). The number of benzene rings is 1. The summed E-state index contributed by atoms with van der Waals surface area (Å²) in [4.78, 5) is 0. The molecule has 2 aromatic rings. The largest absolute Gasteiger partial charge is 0.388 e. The van der Waals surface area contributed by atoms with Crippen LogP contribution in [0.3, 0.4) is 0 Å². The summed E-state index contributed by atoms with van der Waals surface area (Å²) < 4.78 is 1.22. The quantitative estimate of drug-likeness (QED) is 0.819. The average molecular weight is 221 g/mol. The Kier molecular flexibility index (Phi) is 2.54. The van der Waals surface area contributed by atoms with Gasteiger partial charge in [-0.25, -0.2) is 0 Å². The molecule has 1 aromatic heterocycles. The summed E-state index contributed by atoms with van der Waals surface area (Å²) in [5.74, 6) is 0. The third kappa shape index (κ3) is 1.91. The average Bonchev–Trinajstić information content (AvgIpc) is 2.58. The van der Waals surface area contributed by atoms with Crippen LogP contribution in [0.1, 0.15) is 25.5 Å². The highest BCUT2D eigenvalue weighted by atomic mass is 32.1. The van der Waals surface area contributed by atoms with E-state index in [2.05, 4.69) is 6.07 Å². The first-order valence-corrected chi connectivity index (χ1v) is 5.82. The fourth-order valence-electron chi connectivity index (χ4n) is 1.62. The van der Waals surface area contributed by atoms with Gasteiger partial charge in [-0.1, -0.05) is 18.2 Å². The van der Waals surface area contributed by atoms with Crippen LogP contribution in [0.5, 0.6) is 0 Å². The van der Waals surface area contributed by atoms with Gasteiger partial charge in [0.25, 0.3) is 0 Å². The van der Waals surface area contributed by atoms with Gasteiger partial charge in [0.1, 0.15) is 0 Å². The standard InChI is InChI=1S/C12H15NOS/c1-12(2,14)11(13)9-7-15-10-6-4-3-5-8(9)10/h3-7,11,14H,13H2,1-2H3. The van der Waals surface area contributed by atoms with Crippen molar-refractivity contribution in [2.75, 3.05) is 0 Å². The minimum atomic E-state index is -0.885. The van der Waals surface area contributed by atoms with E-state index in [-0.39, 0.29) is 6.04 Å². The second-order valence-corrected chi connectivity index (χ2v) is 5.23. The smallest absolute Gasteiger partial charge is 0.0784 e. The molecule has 0 spiro atoms. The summed E-state index contributed by atoms with van der Waals surface area (Å²) in [7, 11) is 0. The van der Waals surface area contributed by atoms with Crippen molar-refractivity contribution in [3.05, 3.63) is 35.2 Å².